The molecule has 0 atom stereocenters. The summed E-state index contributed by atoms with van der Waals surface area (Å²) in [4.78, 5) is 61.0. The number of Topliss-reactive ketones (excluding diaryl/α,β-unsaturated/α-hetero) is 1. The Balaban J connectivity index is 1.21. The van der Waals surface area contributed by atoms with E-state index in [-0.39, 0.29) is 54.6 Å². The summed E-state index contributed by atoms with van der Waals surface area (Å²) in [6.45, 7) is 8.46. The van der Waals surface area contributed by atoms with Gasteiger partial charge < -0.3 is 28.4 Å². The van der Waals surface area contributed by atoms with Gasteiger partial charge in [-0.25, -0.2) is 19.2 Å². The Morgan fingerprint density at radius 3 is 1.47 bits per heavy atom. The minimum Gasteiger partial charge on any atom is -0.490 e. The molecule has 0 N–H and O–H groups in total. The van der Waals surface area contributed by atoms with Crippen LogP contribution in [0.25, 0.3) is 21.5 Å². The zero-order valence-electron chi connectivity index (χ0n) is 27.5. The standard InChI is InChI=1S/C40H32O11/c1-4-37(42)48-18-16-46-32-12-10-26-20-30(8-6-28(26)22-32)39(44)50-34-14-15-36(35(24-34)25(3)41)51-40(45)31-9-7-29-23-33(13-11-27(29)21-31)47-17-19-49-38(43)5-2/h4-15,20-24H,1-2,16-19H2,3H3. The molecule has 0 saturated heterocycles. The first-order chi connectivity index (χ1) is 24.6. The Morgan fingerprint density at radius 1 is 0.529 bits per heavy atom. The highest BCUT2D eigenvalue weighted by atomic mass is 16.6. The molecule has 0 amide bonds. The van der Waals surface area contributed by atoms with Gasteiger partial charge in [0, 0.05) is 12.2 Å². The highest BCUT2D eigenvalue weighted by molar-refractivity contribution is 6.01. The predicted molar refractivity (Wildman–Crippen MR) is 188 cm³/mol. The summed E-state index contributed by atoms with van der Waals surface area (Å²) in [5.74, 6) is -1.57. The van der Waals surface area contributed by atoms with Gasteiger partial charge in [0.2, 0.25) is 0 Å². The number of benzene rings is 5. The number of carbonyl (C=O) groups is 5. The number of ketones is 1. The smallest absolute Gasteiger partial charge is 0.343 e. The SMILES string of the molecule is C=CC(=O)OCCOc1ccc2cc(C(=O)Oc3ccc(OC(=O)c4ccc5cc(OCCOC(=O)C=C)ccc5c4)c(C(C)=O)c3)ccc2c1. The van der Waals surface area contributed by atoms with Gasteiger partial charge in [-0.3, -0.25) is 4.79 Å². The van der Waals surface area contributed by atoms with Crippen LogP contribution in [0.15, 0.2) is 116 Å². The van der Waals surface area contributed by atoms with E-state index in [0.29, 0.717) is 11.5 Å². The lowest BCUT2D eigenvalue weighted by Crippen LogP contribution is -2.12. The summed E-state index contributed by atoms with van der Waals surface area (Å²) in [6.07, 6.45) is 2.15. The topological polar surface area (TPSA) is 141 Å². The first-order valence-corrected chi connectivity index (χ1v) is 15.6. The third-order valence-corrected chi connectivity index (χ3v) is 7.36. The van der Waals surface area contributed by atoms with Gasteiger partial charge in [-0.1, -0.05) is 37.4 Å². The average molecular weight is 689 g/mol. The summed E-state index contributed by atoms with van der Waals surface area (Å²) in [5.41, 5.74) is 0.582. The van der Waals surface area contributed by atoms with Crippen molar-refractivity contribution in [2.75, 3.05) is 26.4 Å². The molecular weight excluding hydrogens is 656 g/mol. The number of hydrogen-bond donors (Lipinski definition) is 0. The summed E-state index contributed by atoms with van der Waals surface area (Å²) >= 11 is 0. The molecule has 0 spiro atoms. The van der Waals surface area contributed by atoms with E-state index < -0.39 is 29.7 Å². The van der Waals surface area contributed by atoms with Crippen LogP contribution in [0.2, 0.25) is 0 Å². The summed E-state index contributed by atoms with van der Waals surface area (Å²) in [6, 6.07) is 24.7. The maximum absolute atomic E-state index is 13.1. The maximum atomic E-state index is 13.1. The Morgan fingerprint density at radius 2 is 0.980 bits per heavy atom. The second kappa shape index (κ2) is 16.6. The fourth-order valence-corrected chi connectivity index (χ4v) is 4.86. The second-order valence-corrected chi connectivity index (χ2v) is 10.9. The number of ether oxygens (including phenoxy) is 6. The van der Waals surface area contributed by atoms with Crippen molar-refractivity contribution in [3.63, 3.8) is 0 Å². The van der Waals surface area contributed by atoms with Crippen molar-refractivity contribution in [3.05, 3.63) is 133 Å². The molecule has 0 heterocycles. The molecule has 0 unspecified atom stereocenters. The number of esters is 4. The molecule has 0 fully saturated rings. The van der Waals surface area contributed by atoms with Crippen LogP contribution >= 0.6 is 0 Å². The zero-order valence-corrected chi connectivity index (χ0v) is 27.5. The van der Waals surface area contributed by atoms with E-state index in [4.69, 9.17) is 28.4 Å². The number of fused-ring (bicyclic) bond motifs is 2. The highest BCUT2D eigenvalue weighted by Crippen LogP contribution is 2.29. The van der Waals surface area contributed by atoms with Crippen molar-refractivity contribution < 1.29 is 52.4 Å². The first-order valence-electron chi connectivity index (χ1n) is 15.6. The summed E-state index contributed by atoms with van der Waals surface area (Å²) in [7, 11) is 0. The van der Waals surface area contributed by atoms with E-state index in [1.165, 1.54) is 25.1 Å². The van der Waals surface area contributed by atoms with E-state index in [1.807, 2.05) is 0 Å². The molecule has 11 heteroatoms. The Bertz CT molecular complexity index is 2170. The highest BCUT2D eigenvalue weighted by Gasteiger charge is 2.18. The van der Waals surface area contributed by atoms with Gasteiger partial charge in [-0.05, 0) is 95.2 Å². The second-order valence-electron chi connectivity index (χ2n) is 10.9. The van der Waals surface area contributed by atoms with Crippen LogP contribution in [0.1, 0.15) is 38.0 Å². The molecular formula is C40H32O11. The van der Waals surface area contributed by atoms with Gasteiger partial charge in [0.15, 0.2) is 5.78 Å². The monoisotopic (exact) mass is 688 g/mol. The van der Waals surface area contributed by atoms with Gasteiger partial charge >= 0.3 is 23.9 Å². The number of carbonyl (C=O) groups excluding carboxylic acids is 5. The Hall–Kier alpha value is -6.75. The molecule has 5 aromatic carbocycles. The van der Waals surface area contributed by atoms with Crippen LogP contribution in [-0.2, 0) is 19.1 Å². The molecule has 0 saturated carbocycles. The van der Waals surface area contributed by atoms with E-state index in [9.17, 15) is 24.0 Å². The van der Waals surface area contributed by atoms with Gasteiger partial charge in [0.05, 0.1) is 16.7 Å². The quantitative estimate of drug-likeness (QED) is 0.0375. The van der Waals surface area contributed by atoms with Crippen LogP contribution < -0.4 is 18.9 Å². The van der Waals surface area contributed by atoms with Crippen molar-refractivity contribution in [2.24, 2.45) is 0 Å². The summed E-state index contributed by atoms with van der Waals surface area (Å²) in [5, 5.41) is 3.11. The molecule has 0 aliphatic carbocycles. The van der Waals surface area contributed by atoms with E-state index >= 15 is 0 Å². The van der Waals surface area contributed by atoms with Gasteiger partial charge in [-0.15, -0.1) is 0 Å². The third-order valence-electron chi connectivity index (χ3n) is 7.36. The molecule has 5 rings (SSSR count). The third kappa shape index (κ3) is 9.45. The van der Waals surface area contributed by atoms with Crippen LogP contribution in [-0.4, -0.2) is 56.1 Å². The molecule has 51 heavy (non-hydrogen) atoms. The number of hydrogen-bond acceptors (Lipinski definition) is 11. The minimum atomic E-state index is -0.686. The molecule has 258 valence electrons. The molecule has 11 nitrogen and oxygen atoms in total. The van der Waals surface area contributed by atoms with Gasteiger partial charge in [0.1, 0.15) is 49.4 Å². The van der Waals surface area contributed by atoms with E-state index in [2.05, 4.69) is 13.2 Å². The van der Waals surface area contributed by atoms with Crippen molar-refractivity contribution in [2.45, 2.75) is 6.92 Å². The van der Waals surface area contributed by atoms with Crippen LogP contribution in [0, 0.1) is 0 Å². The molecule has 0 aliphatic rings. The average Bonchev–Trinajstić information content (AvgIpc) is 3.14. The normalized spacial score (nSPS) is 10.5. The van der Waals surface area contributed by atoms with Crippen molar-refractivity contribution in [1.82, 2.24) is 0 Å². The Labute approximate surface area is 292 Å². The van der Waals surface area contributed by atoms with E-state index in [0.717, 1.165) is 33.7 Å². The Kier molecular flexibility index (Phi) is 11.6. The molecule has 5 aromatic rings. The fraction of sp³-hybridized carbons (Fsp3) is 0.125. The largest absolute Gasteiger partial charge is 0.490 e. The first kappa shape index (κ1) is 35.6. The predicted octanol–water partition coefficient (Wildman–Crippen LogP) is 6.85. The van der Waals surface area contributed by atoms with Crippen LogP contribution in [0.4, 0.5) is 0 Å². The summed E-state index contributed by atoms with van der Waals surface area (Å²) < 4.78 is 32.2. The minimum absolute atomic E-state index is 0.0101. The molecule has 0 aromatic heterocycles. The lowest BCUT2D eigenvalue weighted by atomic mass is 10.1. The molecule has 0 radical (unpaired) electrons. The zero-order chi connectivity index (χ0) is 36.3. The van der Waals surface area contributed by atoms with Crippen molar-refractivity contribution in [3.8, 4) is 23.0 Å². The van der Waals surface area contributed by atoms with Gasteiger partial charge in [-0.2, -0.15) is 0 Å². The lowest BCUT2D eigenvalue weighted by molar-refractivity contribution is -0.139. The van der Waals surface area contributed by atoms with Crippen molar-refractivity contribution >= 4 is 51.2 Å². The van der Waals surface area contributed by atoms with Gasteiger partial charge in [0.25, 0.3) is 0 Å². The number of rotatable bonds is 15. The lowest BCUT2D eigenvalue weighted by Gasteiger charge is -2.12. The van der Waals surface area contributed by atoms with Crippen molar-refractivity contribution in [1.29, 1.82) is 0 Å². The molecule has 0 aliphatic heterocycles. The molecule has 0 bridgehead atoms. The maximum Gasteiger partial charge on any atom is 0.343 e. The van der Waals surface area contributed by atoms with Crippen LogP contribution in [0.5, 0.6) is 23.0 Å². The van der Waals surface area contributed by atoms with E-state index in [1.54, 1.807) is 72.8 Å². The fourth-order valence-electron chi connectivity index (χ4n) is 4.86. The van der Waals surface area contributed by atoms with Crippen LogP contribution in [0.3, 0.4) is 0 Å².